The van der Waals surface area contributed by atoms with Crippen LogP contribution in [0, 0.1) is 0 Å². The van der Waals surface area contributed by atoms with E-state index < -0.39 is 0 Å². The Bertz CT molecular complexity index is 252. The van der Waals surface area contributed by atoms with Crippen LogP contribution in [-0.2, 0) is 4.79 Å². The minimum atomic E-state index is 0.188. The number of nitrogens with zero attached hydrogens (tertiary/aromatic N) is 2. The van der Waals surface area contributed by atoms with Crippen LogP contribution >= 0.6 is 0 Å². The minimum Gasteiger partial charge on any atom is -0.395 e. The molecule has 4 nitrogen and oxygen atoms in total. The Hall–Kier alpha value is -0.610. The first kappa shape index (κ1) is 12.8. The van der Waals surface area contributed by atoms with Gasteiger partial charge in [-0.1, -0.05) is 6.42 Å². The zero-order valence-electron chi connectivity index (χ0n) is 10.6. The summed E-state index contributed by atoms with van der Waals surface area (Å²) in [5.41, 5.74) is 0. The van der Waals surface area contributed by atoms with E-state index in [-0.39, 0.29) is 18.6 Å². The van der Waals surface area contributed by atoms with Gasteiger partial charge in [0.15, 0.2) is 0 Å². The van der Waals surface area contributed by atoms with Crippen molar-refractivity contribution in [2.75, 3.05) is 32.8 Å². The summed E-state index contributed by atoms with van der Waals surface area (Å²) in [5, 5.41) is 9.32. The van der Waals surface area contributed by atoms with Crippen LogP contribution in [0.3, 0.4) is 0 Å². The van der Waals surface area contributed by atoms with Crippen molar-refractivity contribution in [3.05, 3.63) is 0 Å². The van der Waals surface area contributed by atoms with Crippen molar-refractivity contribution in [1.82, 2.24) is 9.80 Å². The van der Waals surface area contributed by atoms with Gasteiger partial charge in [-0.15, -0.1) is 0 Å². The van der Waals surface area contributed by atoms with E-state index in [1.54, 1.807) is 0 Å². The number of piperidine rings is 2. The molecular formula is C13H24N2O2. The van der Waals surface area contributed by atoms with Gasteiger partial charge >= 0.3 is 0 Å². The van der Waals surface area contributed by atoms with Crippen molar-refractivity contribution >= 4 is 5.91 Å². The molecule has 0 aliphatic carbocycles. The lowest BCUT2D eigenvalue weighted by Crippen LogP contribution is -2.49. The first-order valence-corrected chi connectivity index (χ1v) is 6.94. The predicted molar refractivity (Wildman–Crippen MR) is 66.7 cm³/mol. The number of aliphatic hydroxyl groups excluding tert-OH is 1. The second-order valence-electron chi connectivity index (χ2n) is 5.24. The number of hydrogen-bond acceptors (Lipinski definition) is 3. The van der Waals surface area contributed by atoms with Crippen LogP contribution in [-0.4, -0.2) is 59.6 Å². The third-order valence-electron chi connectivity index (χ3n) is 4.01. The number of amides is 1. The van der Waals surface area contributed by atoms with E-state index in [9.17, 15) is 9.90 Å². The quantitative estimate of drug-likeness (QED) is 0.795. The molecular weight excluding hydrogens is 216 g/mol. The lowest BCUT2D eigenvalue weighted by atomic mass is 10.0. The molecule has 1 amide bonds. The van der Waals surface area contributed by atoms with Crippen LogP contribution in [0.4, 0.5) is 0 Å². The molecule has 2 saturated heterocycles. The Labute approximate surface area is 104 Å². The van der Waals surface area contributed by atoms with Crippen LogP contribution in [0.5, 0.6) is 0 Å². The fraction of sp³-hybridized carbons (Fsp3) is 0.923. The molecule has 2 heterocycles. The monoisotopic (exact) mass is 240 g/mol. The van der Waals surface area contributed by atoms with Crippen LogP contribution in [0.1, 0.15) is 38.5 Å². The van der Waals surface area contributed by atoms with Gasteiger partial charge in [0.05, 0.1) is 13.2 Å². The van der Waals surface area contributed by atoms with E-state index in [2.05, 4.69) is 4.90 Å². The fourth-order valence-corrected chi connectivity index (χ4v) is 2.89. The van der Waals surface area contributed by atoms with Gasteiger partial charge in [0.1, 0.15) is 0 Å². The summed E-state index contributed by atoms with van der Waals surface area (Å²) in [6.45, 7) is 3.51. The van der Waals surface area contributed by atoms with Crippen molar-refractivity contribution in [3.8, 4) is 0 Å². The maximum absolute atomic E-state index is 12.1. The summed E-state index contributed by atoms with van der Waals surface area (Å²) < 4.78 is 0. The highest BCUT2D eigenvalue weighted by molar-refractivity contribution is 5.78. The number of carbonyl (C=O) groups excluding carboxylic acids is 1. The number of rotatable bonds is 3. The molecule has 17 heavy (non-hydrogen) atoms. The summed E-state index contributed by atoms with van der Waals surface area (Å²) >= 11 is 0. The van der Waals surface area contributed by atoms with Crippen molar-refractivity contribution in [1.29, 1.82) is 0 Å². The standard InChI is InChI=1S/C13H24N2O2/c16-11-12-6-2-5-9-15(12)10-13(17)14-7-3-1-4-8-14/h12,16H,1-11H2. The highest BCUT2D eigenvalue weighted by Crippen LogP contribution is 2.17. The molecule has 0 spiro atoms. The third-order valence-corrected chi connectivity index (χ3v) is 4.01. The molecule has 1 unspecified atom stereocenters. The third kappa shape index (κ3) is 3.42. The molecule has 0 saturated carbocycles. The molecule has 2 aliphatic heterocycles. The molecule has 2 aliphatic rings. The second-order valence-corrected chi connectivity index (χ2v) is 5.24. The van der Waals surface area contributed by atoms with Gasteiger partial charge in [-0.3, -0.25) is 9.69 Å². The van der Waals surface area contributed by atoms with E-state index in [4.69, 9.17) is 0 Å². The van der Waals surface area contributed by atoms with E-state index in [1.807, 2.05) is 4.90 Å². The minimum absolute atomic E-state index is 0.188. The molecule has 0 aromatic heterocycles. The van der Waals surface area contributed by atoms with Gasteiger partial charge in [-0.05, 0) is 38.6 Å². The van der Waals surface area contributed by atoms with Crippen LogP contribution in [0.25, 0.3) is 0 Å². The van der Waals surface area contributed by atoms with Crippen molar-refractivity contribution in [2.24, 2.45) is 0 Å². The van der Waals surface area contributed by atoms with Gasteiger partial charge in [-0.2, -0.15) is 0 Å². The molecule has 0 aromatic rings. The zero-order valence-corrected chi connectivity index (χ0v) is 10.6. The largest absolute Gasteiger partial charge is 0.395 e. The van der Waals surface area contributed by atoms with Gasteiger partial charge in [0.2, 0.25) is 5.91 Å². The zero-order chi connectivity index (χ0) is 12.1. The number of carbonyl (C=O) groups is 1. The molecule has 2 fully saturated rings. The molecule has 0 bridgehead atoms. The highest BCUT2D eigenvalue weighted by Gasteiger charge is 2.26. The first-order chi connectivity index (χ1) is 8.31. The number of aliphatic hydroxyl groups is 1. The molecule has 0 radical (unpaired) electrons. The van der Waals surface area contributed by atoms with E-state index in [0.29, 0.717) is 6.54 Å². The van der Waals surface area contributed by atoms with Gasteiger partial charge in [0, 0.05) is 19.1 Å². The molecule has 2 rings (SSSR count). The van der Waals surface area contributed by atoms with Crippen LogP contribution < -0.4 is 0 Å². The number of likely N-dealkylation sites (tertiary alicyclic amines) is 2. The molecule has 1 atom stereocenters. The topological polar surface area (TPSA) is 43.8 Å². The van der Waals surface area contributed by atoms with Gasteiger partial charge in [0.25, 0.3) is 0 Å². The second kappa shape index (κ2) is 6.36. The molecule has 4 heteroatoms. The average molecular weight is 240 g/mol. The van der Waals surface area contributed by atoms with Crippen LogP contribution in [0.2, 0.25) is 0 Å². The van der Waals surface area contributed by atoms with E-state index in [0.717, 1.165) is 45.3 Å². The predicted octanol–water partition coefficient (Wildman–Crippen LogP) is 0.846. The van der Waals surface area contributed by atoms with Crippen molar-refractivity contribution in [3.63, 3.8) is 0 Å². The maximum Gasteiger partial charge on any atom is 0.236 e. The van der Waals surface area contributed by atoms with Gasteiger partial charge < -0.3 is 10.0 Å². The molecule has 0 aromatic carbocycles. The Morgan fingerprint density at radius 2 is 1.76 bits per heavy atom. The smallest absolute Gasteiger partial charge is 0.236 e. The van der Waals surface area contributed by atoms with Gasteiger partial charge in [-0.25, -0.2) is 0 Å². The Morgan fingerprint density at radius 3 is 2.47 bits per heavy atom. The van der Waals surface area contributed by atoms with E-state index >= 15 is 0 Å². The van der Waals surface area contributed by atoms with Crippen molar-refractivity contribution < 1.29 is 9.90 Å². The Kier molecular flexibility index (Phi) is 4.80. The normalized spacial score (nSPS) is 27.1. The Morgan fingerprint density at radius 1 is 1.06 bits per heavy atom. The maximum atomic E-state index is 12.1. The summed E-state index contributed by atoms with van der Waals surface area (Å²) in [7, 11) is 0. The van der Waals surface area contributed by atoms with Crippen LogP contribution in [0.15, 0.2) is 0 Å². The lowest BCUT2D eigenvalue weighted by molar-refractivity contribution is -0.134. The summed E-state index contributed by atoms with van der Waals surface area (Å²) in [5.74, 6) is 0.255. The Balaban J connectivity index is 1.83. The molecule has 1 N–H and O–H groups in total. The summed E-state index contributed by atoms with van der Waals surface area (Å²) in [6.07, 6.45) is 6.92. The summed E-state index contributed by atoms with van der Waals surface area (Å²) in [4.78, 5) is 16.3. The van der Waals surface area contributed by atoms with Crippen molar-refractivity contribution in [2.45, 2.75) is 44.6 Å². The van der Waals surface area contributed by atoms with E-state index in [1.165, 1.54) is 12.8 Å². The first-order valence-electron chi connectivity index (χ1n) is 6.94. The highest BCUT2D eigenvalue weighted by atomic mass is 16.3. The summed E-state index contributed by atoms with van der Waals surface area (Å²) in [6, 6.07) is 0.206. The lowest BCUT2D eigenvalue weighted by Gasteiger charge is -2.36. The average Bonchev–Trinajstić information content (AvgIpc) is 2.40. The molecule has 98 valence electrons. The fourth-order valence-electron chi connectivity index (χ4n) is 2.89. The SMILES string of the molecule is O=C(CN1CCCCC1CO)N1CCCCC1. The number of hydrogen-bond donors (Lipinski definition) is 1.